The Hall–Kier alpha value is -3.32. The Balaban J connectivity index is 1.75. The molecule has 0 aliphatic carbocycles. The number of nitrogens with one attached hydrogen (secondary N) is 2. The van der Waals surface area contributed by atoms with Gasteiger partial charge in [-0.1, -0.05) is 11.6 Å². The molecule has 0 saturated carbocycles. The standard InChI is InChI=1S/C24H25ClN2O5/c1-13(2)26-23(29)15-5-9-19(25)20(11-15)27-22(28)10-8-18-14(3)17-7-6-16(31-4)12-21(17)32-24(18)30/h5-7,9,11-13H,8,10H2,1-4H3,(H,26,29)(H,27,28). The van der Waals surface area contributed by atoms with Crippen molar-refractivity contribution in [3.8, 4) is 5.75 Å². The van der Waals surface area contributed by atoms with Crippen LogP contribution in [0.25, 0.3) is 11.0 Å². The van der Waals surface area contributed by atoms with Gasteiger partial charge in [-0.15, -0.1) is 0 Å². The van der Waals surface area contributed by atoms with E-state index in [0.29, 0.717) is 33.2 Å². The fraction of sp³-hybridized carbons (Fsp3) is 0.292. The molecule has 7 nitrogen and oxygen atoms in total. The Bertz CT molecular complexity index is 1230. The predicted molar refractivity (Wildman–Crippen MR) is 125 cm³/mol. The summed E-state index contributed by atoms with van der Waals surface area (Å²) in [6, 6.07) is 9.93. The zero-order chi connectivity index (χ0) is 23.4. The SMILES string of the molecule is COc1ccc2c(C)c(CCC(=O)Nc3cc(C(=O)NC(C)C)ccc3Cl)c(=O)oc2c1. The molecule has 0 bridgehead atoms. The average molecular weight is 457 g/mol. The average Bonchev–Trinajstić information content (AvgIpc) is 2.74. The zero-order valence-electron chi connectivity index (χ0n) is 18.4. The molecular weight excluding hydrogens is 432 g/mol. The van der Waals surface area contributed by atoms with Crippen LogP contribution in [0.4, 0.5) is 5.69 Å². The Morgan fingerprint density at radius 3 is 2.59 bits per heavy atom. The molecule has 0 aliphatic heterocycles. The van der Waals surface area contributed by atoms with Gasteiger partial charge in [0.25, 0.3) is 5.91 Å². The topological polar surface area (TPSA) is 97.6 Å². The van der Waals surface area contributed by atoms with Crippen LogP contribution >= 0.6 is 11.6 Å². The number of rotatable bonds is 7. The lowest BCUT2D eigenvalue weighted by atomic mass is 10.0. The lowest BCUT2D eigenvalue weighted by Crippen LogP contribution is -2.30. The highest BCUT2D eigenvalue weighted by atomic mass is 35.5. The van der Waals surface area contributed by atoms with Crippen LogP contribution in [-0.2, 0) is 11.2 Å². The van der Waals surface area contributed by atoms with Crippen molar-refractivity contribution in [3.05, 3.63) is 68.5 Å². The van der Waals surface area contributed by atoms with Gasteiger partial charge < -0.3 is 19.8 Å². The van der Waals surface area contributed by atoms with Gasteiger partial charge in [0.15, 0.2) is 0 Å². The second kappa shape index (κ2) is 9.87. The molecule has 2 aromatic carbocycles. The van der Waals surface area contributed by atoms with Gasteiger partial charge in [0.05, 0.1) is 17.8 Å². The summed E-state index contributed by atoms with van der Waals surface area (Å²) in [5.41, 5.74) is 1.87. The van der Waals surface area contributed by atoms with Gasteiger partial charge in [-0.05, 0) is 63.1 Å². The van der Waals surface area contributed by atoms with Crippen molar-refractivity contribution >= 4 is 40.1 Å². The normalized spacial score (nSPS) is 10.9. The number of hydrogen-bond acceptors (Lipinski definition) is 5. The molecule has 0 spiro atoms. The van der Waals surface area contributed by atoms with Crippen LogP contribution in [0, 0.1) is 6.92 Å². The summed E-state index contributed by atoms with van der Waals surface area (Å²) in [5.74, 6) is 0.00324. The number of carbonyl (C=O) groups excluding carboxylic acids is 2. The number of halogens is 1. The van der Waals surface area contributed by atoms with Gasteiger partial charge in [0, 0.05) is 35.0 Å². The third-order valence-electron chi connectivity index (χ3n) is 5.02. The summed E-state index contributed by atoms with van der Waals surface area (Å²) in [6.45, 7) is 5.54. The number of carbonyl (C=O) groups is 2. The molecule has 1 aromatic heterocycles. The first-order chi connectivity index (χ1) is 15.2. The lowest BCUT2D eigenvalue weighted by Gasteiger charge is -2.12. The molecule has 3 aromatic rings. The van der Waals surface area contributed by atoms with Gasteiger partial charge >= 0.3 is 5.63 Å². The predicted octanol–water partition coefficient (Wildman–Crippen LogP) is 4.47. The van der Waals surface area contributed by atoms with E-state index in [4.69, 9.17) is 20.8 Å². The van der Waals surface area contributed by atoms with Crippen LogP contribution in [0.3, 0.4) is 0 Å². The highest BCUT2D eigenvalue weighted by Crippen LogP contribution is 2.26. The van der Waals surface area contributed by atoms with E-state index < -0.39 is 5.63 Å². The van der Waals surface area contributed by atoms with Gasteiger partial charge in [-0.25, -0.2) is 4.79 Å². The zero-order valence-corrected chi connectivity index (χ0v) is 19.1. The molecule has 0 saturated heterocycles. The van der Waals surface area contributed by atoms with Gasteiger partial charge in [-0.2, -0.15) is 0 Å². The minimum absolute atomic E-state index is 0.0193. The number of methoxy groups -OCH3 is 1. The third kappa shape index (κ3) is 5.29. The quantitative estimate of drug-likeness (QED) is 0.511. The molecule has 0 aliphatic rings. The molecule has 0 atom stereocenters. The summed E-state index contributed by atoms with van der Waals surface area (Å²) in [4.78, 5) is 37.2. The van der Waals surface area contributed by atoms with Crippen molar-refractivity contribution in [2.75, 3.05) is 12.4 Å². The molecule has 0 fully saturated rings. The Labute approximate surface area is 190 Å². The van der Waals surface area contributed by atoms with Gasteiger partial charge in [-0.3, -0.25) is 9.59 Å². The number of anilines is 1. The maximum absolute atomic E-state index is 12.5. The lowest BCUT2D eigenvalue weighted by molar-refractivity contribution is -0.116. The minimum Gasteiger partial charge on any atom is -0.497 e. The van der Waals surface area contributed by atoms with E-state index in [2.05, 4.69) is 10.6 Å². The summed E-state index contributed by atoms with van der Waals surface area (Å²) >= 11 is 6.19. The van der Waals surface area contributed by atoms with Crippen molar-refractivity contribution < 1.29 is 18.7 Å². The van der Waals surface area contributed by atoms with E-state index in [1.54, 1.807) is 24.3 Å². The van der Waals surface area contributed by atoms with E-state index in [1.165, 1.54) is 13.2 Å². The number of benzene rings is 2. The molecule has 3 rings (SSSR count). The fourth-order valence-electron chi connectivity index (χ4n) is 3.35. The Kier molecular flexibility index (Phi) is 7.20. The summed E-state index contributed by atoms with van der Waals surface area (Å²) in [5, 5.41) is 6.61. The summed E-state index contributed by atoms with van der Waals surface area (Å²) in [7, 11) is 1.54. The maximum atomic E-state index is 12.5. The molecule has 2 N–H and O–H groups in total. The molecule has 32 heavy (non-hydrogen) atoms. The van der Waals surface area contributed by atoms with Gasteiger partial charge in [0.2, 0.25) is 5.91 Å². The summed E-state index contributed by atoms with van der Waals surface area (Å²) < 4.78 is 10.6. The van der Waals surface area contributed by atoms with Crippen LogP contribution in [0.1, 0.15) is 41.8 Å². The number of ether oxygens (including phenoxy) is 1. The van der Waals surface area contributed by atoms with E-state index in [9.17, 15) is 14.4 Å². The smallest absolute Gasteiger partial charge is 0.339 e. The number of amides is 2. The van der Waals surface area contributed by atoms with Gasteiger partial charge in [0.1, 0.15) is 11.3 Å². The Morgan fingerprint density at radius 2 is 1.91 bits per heavy atom. The maximum Gasteiger partial charge on any atom is 0.339 e. The second-order valence-corrected chi connectivity index (χ2v) is 8.13. The molecule has 2 amide bonds. The van der Waals surface area contributed by atoms with E-state index in [-0.39, 0.29) is 30.7 Å². The molecule has 0 unspecified atom stereocenters. The van der Waals surface area contributed by atoms with E-state index in [1.807, 2.05) is 26.8 Å². The molecule has 1 heterocycles. The van der Waals surface area contributed by atoms with Crippen molar-refractivity contribution in [1.82, 2.24) is 5.32 Å². The monoisotopic (exact) mass is 456 g/mol. The van der Waals surface area contributed by atoms with Crippen LogP contribution in [-0.4, -0.2) is 25.0 Å². The summed E-state index contributed by atoms with van der Waals surface area (Å²) in [6.07, 6.45) is 0.249. The van der Waals surface area contributed by atoms with E-state index in [0.717, 1.165) is 10.9 Å². The Morgan fingerprint density at radius 1 is 1.16 bits per heavy atom. The first-order valence-corrected chi connectivity index (χ1v) is 10.6. The first-order valence-electron chi connectivity index (χ1n) is 10.2. The highest BCUT2D eigenvalue weighted by Gasteiger charge is 2.15. The molecule has 8 heteroatoms. The highest BCUT2D eigenvalue weighted by molar-refractivity contribution is 6.33. The largest absolute Gasteiger partial charge is 0.497 e. The third-order valence-corrected chi connectivity index (χ3v) is 5.35. The molecule has 0 radical (unpaired) electrons. The fourth-order valence-corrected chi connectivity index (χ4v) is 3.51. The number of fused-ring (bicyclic) bond motifs is 1. The van der Waals surface area contributed by atoms with Crippen molar-refractivity contribution in [2.45, 2.75) is 39.7 Å². The van der Waals surface area contributed by atoms with Crippen LogP contribution < -0.4 is 21.0 Å². The molecular formula is C24H25ClN2O5. The second-order valence-electron chi connectivity index (χ2n) is 7.73. The van der Waals surface area contributed by atoms with Crippen molar-refractivity contribution in [2.24, 2.45) is 0 Å². The van der Waals surface area contributed by atoms with Crippen LogP contribution in [0.15, 0.2) is 45.6 Å². The van der Waals surface area contributed by atoms with Crippen LogP contribution in [0.2, 0.25) is 5.02 Å². The number of hydrogen-bond donors (Lipinski definition) is 2. The minimum atomic E-state index is -0.485. The van der Waals surface area contributed by atoms with E-state index >= 15 is 0 Å². The first kappa shape index (κ1) is 23.3. The van der Waals surface area contributed by atoms with Crippen molar-refractivity contribution in [1.29, 1.82) is 0 Å². The van der Waals surface area contributed by atoms with Crippen LogP contribution in [0.5, 0.6) is 5.75 Å². The number of aryl methyl sites for hydroxylation is 1. The molecule has 168 valence electrons. The van der Waals surface area contributed by atoms with Crippen molar-refractivity contribution in [3.63, 3.8) is 0 Å².